The first-order valence-corrected chi connectivity index (χ1v) is 8.23. The van der Waals surface area contributed by atoms with Crippen LogP contribution in [0.25, 0.3) is 0 Å². The van der Waals surface area contributed by atoms with Crippen LogP contribution in [-0.2, 0) is 4.79 Å². The second-order valence-corrected chi connectivity index (χ2v) is 6.29. The molecule has 3 amide bonds. The van der Waals surface area contributed by atoms with Crippen LogP contribution >= 0.6 is 0 Å². The van der Waals surface area contributed by atoms with E-state index in [4.69, 9.17) is 0 Å². The van der Waals surface area contributed by atoms with E-state index in [2.05, 4.69) is 20.9 Å². The Bertz CT molecular complexity index is 759. The number of anilines is 2. The van der Waals surface area contributed by atoms with Gasteiger partial charge in [-0.05, 0) is 42.7 Å². The normalized spacial score (nSPS) is 11.7. The van der Waals surface area contributed by atoms with Crippen molar-refractivity contribution < 1.29 is 9.59 Å². The number of hydrogen-bond acceptors (Lipinski definition) is 3. The Kier molecular flexibility index (Phi) is 6.11. The van der Waals surface area contributed by atoms with Crippen LogP contribution in [0.15, 0.2) is 42.6 Å². The fourth-order valence-electron chi connectivity index (χ4n) is 2.56. The Hall–Kier alpha value is -2.89. The zero-order valence-electron chi connectivity index (χ0n) is 15.0. The van der Waals surface area contributed by atoms with Crippen LogP contribution in [0.3, 0.4) is 0 Å². The predicted molar refractivity (Wildman–Crippen MR) is 99.5 cm³/mol. The van der Waals surface area contributed by atoms with Crippen LogP contribution in [-0.4, -0.2) is 16.9 Å². The third-order valence-corrected chi connectivity index (χ3v) is 3.74. The molecule has 1 aromatic carbocycles. The molecular weight excluding hydrogens is 316 g/mol. The van der Waals surface area contributed by atoms with E-state index < -0.39 is 0 Å². The van der Waals surface area contributed by atoms with Crippen molar-refractivity contribution in [3.63, 3.8) is 0 Å². The highest BCUT2D eigenvalue weighted by molar-refractivity contribution is 5.92. The van der Waals surface area contributed by atoms with Gasteiger partial charge in [0.05, 0.1) is 11.7 Å². The fourth-order valence-corrected chi connectivity index (χ4v) is 2.56. The maximum atomic E-state index is 12.4. The monoisotopic (exact) mass is 340 g/mol. The summed E-state index contributed by atoms with van der Waals surface area (Å²) in [6, 6.07) is 10.3. The highest BCUT2D eigenvalue weighted by Crippen LogP contribution is 2.23. The summed E-state index contributed by atoms with van der Waals surface area (Å²) in [5.41, 5.74) is 3.13. The van der Waals surface area contributed by atoms with Crippen molar-refractivity contribution in [1.29, 1.82) is 0 Å². The molecule has 0 unspecified atom stereocenters. The van der Waals surface area contributed by atoms with E-state index in [0.717, 1.165) is 11.3 Å². The largest absolute Gasteiger partial charge is 0.329 e. The molecule has 0 aliphatic heterocycles. The van der Waals surface area contributed by atoms with Gasteiger partial charge in [0.25, 0.3) is 0 Å². The van der Waals surface area contributed by atoms with Crippen LogP contribution in [0.4, 0.5) is 16.2 Å². The fraction of sp³-hybridized carbons (Fsp3) is 0.316. The van der Waals surface area contributed by atoms with E-state index in [1.54, 1.807) is 30.5 Å². The molecule has 1 heterocycles. The third kappa shape index (κ3) is 5.31. The summed E-state index contributed by atoms with van der Waals surface area (Å²) in [5, 5.41) is 8.47. The van der Waals surface area contributed by atoms with Gasteiger partial charge >= 0.3 is 6.03 Å². The smallest absolute Gasteiger partial charge is 0.319 e. The van der Waals surface area contributed by atoms with Crippen molar-refractivity contribution in [2.24, 2.45) is 5.92 Å². The summed E-state index contributed by atoms with van der Waals surface area (Å²) < 4.78 is 0. The second-order valence-electron chi connectivity index (χ2n) is 6.29. The van der Waals surface area contributed by atoms with Gasteiger partial charge in [-0.2, -0.15) is 0 Å². The summed E-state index contributed by atoms with van der Waals surface area (Å²) in [6.45, 7) is 7.50. The first kappa shape index (κ1) is 18.4. The SMILES string of the molecule is CC(=O)Nc1cccc(NC(=O)N[C@@H](c2ncccc2C)C(C)C)c1. The molecule has 0 radical (unpaired) electrons. The van der Waals surface area contributed by atoms with E-state index in [0.29, 0.717) is 11.4 Å². The van der Waals surface area contributed by atoms with E-state index in [-0.39, 0.29) is 23.9 Å². The minimum absolute atomic E-state index is 0.160. The zero-order valence-corrected chi connectivity index (χ0v) is 15.0. The van der Waals surface area contributed by atoms with Crippen molar-refractivity contribution in [1.82, 2.24) is 10.3 Å². The highest BCUT2D eigenvalue weighted by Gasteiger charge is 2.21. The summed E-state index contributed by atoms with van der Waals surface area (Å²) in [4.78, 5) is 28.0. The van der Waals surface area contributed by atoms with Crippen LogP contribution < -0.4 is 16.0 Å². The lowest BCUT2D eigenvalue weighted by Gasteiger charge is -2.23. The van der Waals surface area contributed by atoms with Gasteiger partial charge in [-0.15, -0.1) is 0 Å². The molecule has 2 aromatic rings. The number of pyridine rings is 1. The molecule has 0 spiro atoms. The van der Waals surface area contributed by atoms with Gasteiger partial charge in [-0.3, -0.25) is 9.78 Å². The molecular formula is C19H24N4O2. The van der Waals surface area contributed by atoms with Crippen molar-refractivity contribution in [3.8, 4) is 0 Å². The molecule has 2 rings (SSSR count). The molecule has 3 N–H and O–H groups in total. The number of amides is 3. The molecule has 1 atom stereocenters. The number of carbonyl (C=O) groups excluding carboxylic acids is 2. The lowest BCUT2D eigenvalue weighted by atomic mass is 9.97. The van der Waals surface area contributed by atoms with Gasteiger partial charge in [0, 0.05) is 24.5 Å². The van der Waals surface area contributed by atoms with E-state index in [1.165, 1.54) is 6.92 Å². The topological polar surface area (TPSA) is 83.1 Å². The average molecular weight is 340 g/mol. The van der Waals surface area contributed by atoms with Gasteiger partial charge in [0.2, 0.25) is 5.91 Å². The lowest BCUT2D eigenvalue weighted by molar-refractivity contribution is -0.114. The lowest BCUT2D eigenvalue weighted by Crippen LogP contribution is -2.36. The minimum Gasteiger partial charge on any atom is -0.329 e. The molecule has 0 saturated carbocycles. The van der Waals surface area contributed by atoms with Gasteiger partial charge in [0.15, 0.2) is 0 Å². The Morgan fingerprint density at radius 2 is 1.72 bits per heavy atom. The first-order chi connectivity index (χ1) is 11.9. The van der Waals surface area contributed by atoms with Crippen molar-refractivity contribution >= 4 is 23.3 Å². The van der Waals surface area contributed by atoms with Crippen molar-refractivity contribution in [2.75, 3.05) is 10.6 Å². The molecule has 0 aliphatic rings. The summed E-state index contributed by atoms with van der Waals surface area (Å²) in [7, 11) is 0. The Balaban J connectivity index is 2.10. The number of nitrogens with one attached hydrogen (secondary N) is 3. The van der Waals surface area contributed by atoms with Gasteiger partial charge in [-0.1, -0.05) is 26.0 Å². The number of benzene rings is 1. The second kappa shape index (κ2) is 8.28. The Labute approximate surface area is 148 Å². The summed E-state index contributed by atoms with van der Waals surface area (Å²) in [5.74, 6) is 0.0252. The maximum absolute atomic E-state index is 12.4. The number of rotatable bonds is 5. The van der Waals surface area contributed by atoms with Crippen LogP contribution in [0, 0.1) is 12.8 Å². The van der Waals surface area contributed by atoms with Crippen LogP contribution in [0.2, 0.25) is 0 Å². The standard InChI is InChI=1S/C19H24N4O2/c1-12(2)17(18-13(3)7-6-10-20-18)23-19(25)22-16-9-5-8-15(11-16)21-14(4)24/h5-12,17H,1-4H3,(H,21,24)(H2,22,23,25)/t17-/m1/s1. The number of aryl methyl sites for hydroxylation is 1. The molecule has 6 nitrogen and oxygen atoms in total. The van der Waals surface area contributed by atoms with Gasteiger partial charge in [-0.25, -0.2) is 4.79 Å². The first-order valence-electron chi connectivity index (χ1n) is 8.23. The molecule has 6 heteroatoms. The zero-order chi connectivity index (χ0) is 18.4. The number of aromatic nitrogens is 1. The summed E-state index contributed by atoms with van der Waals surface area (Å²) in [6.07, 6.45) is 1.73. The highest BCUT2D eigenvalue weighted by atomic mass is 16.2. The number of carbonyl (C=O) groups is 2. The van der Waals surface area contributed by atoms with E-state index in [9.17, 15) is 9.59 Å². The van der Waals surface area contributed by atoms with E-state index >= 15 is 0 Å². The van der Waals surface area contributed by atoms with Gasteiger partial charge in [0.1, 0.15) is 0 Å². The molecule has 0 fully saturated rings. The van der Waals surface area contributed by atoms with Crippen LogP contribution in [0.1, 0.15) is 38.1 Å². The Morgan fingerprint density at radius 3 is 2.32 bits per heavy atom. The molecule has 132 valence electrons. The number of urea groups is 1. The molecule has 0 saturated heterocycles. The van der Waals surface area contributed by atoms with E-state index in [1.807, 2.05) is 32.9 Å². The summed E-state index contributed by atoms with van der Waals surface area (Å²) >= 11 is 0. The number of hydrogen-bond donors (Lipinski definition) is 3. The average Bonchev–Trinajstić information content (AvgIpc) is 2.53. The third-order valence-electron chi connectivity index (χ3n) is 3.74. The Morgan fingerprint density at radius 1 is 1.04 bits per heavy atom. The quantitative estimate of drug-likeness (QED) is 0.772. The molecule has 25 heavy (non-hydrogen) atoms. The van der Waals surface area contributed by atoms with Crippen molar-refractivity contribution in [3.05, 3.63) is 53.9 Å². The van der Waals surface area contributed by atoms with Crippen LogP contribution in [0.5, 0.6) is 0 Å². The minimum atomic E-state index is -0.316. The maximum Gasteiger partial charge on any atom is 0.319 e. The molecule has 0 aliphatic carbocycles. The van der Waals surface area contributed by atoms with Gasteiger partial charge < -0.3 is 16.0 Å². The predicted octanol–water partition coefficient (Wildman–Crippen LogP) is 3.87. The molecule has 1 aromatic heterocycles. The number of nitrogens with zero attached hydrogens (tertiary/aromatic N) is 1. The molecule has 0 bridgehead atoms. The van der Waals surface area contributed by atoms with Crippen molar-refractivity contribution in [2.45, 2.75) is 33.7 Å².